The number of rotatable bonds is 7. The van der Waals surface area contributed by atoms with Crippen molar-refractivity contribution < 1.29 is 4.79 Å². The number of anilines is 1. The molecule has 0 saturated heterocycles. The van der Waals surface area contributed by atoms with E-state index in [9.17, 15) is 9.59 Å². The zero-order valence-corrected chi connectivity index (χ0v) is 18.2. The van der Waals surface area contributed by atoms with Crippen LogP contribution in [-0.4, -0.2) is 33.4 Å². The Bertz CT molecular complexity index is 1070. The highest BCUT2D eigenvalue weighted by Crippen LogP contribution is 2.25. The topological polar surface area (TPSA) is 67.2 Å². The van der Waals surface area contributed by atoms with Crippen molar-refractivity contribution in [3.63, 3.8) is 0 Å². The summed E-state index contributed by atoms with van der Waals surface area (Å²) in [5, 5.41) is 5.51. The highest BCUT2D eigenvalue weighted by Gasteiger charge is 2.19. The second-order valence-corrected chi connectivity index (χ2v) is 8.94. The van der Waals surface area contributed by atoms with Crippen molar-refractivity contribution in [2.75, 3.05) is 12.4 Å². The van der Waals surface area contributed by atoms with E-state index < -0.39 is 0 Å². The predicted molar refractivity (Wildman–Crippen MR) is 122 cm³/mol. The molecule has 2 heterocycles. The smallest absolute Gasteiger partial charge is 0.262 e. The zero-order valence-electron chi connectivity index (χ0n) is 17.3. The zero-order chi connectivity index (χ0) is 20.9. The molecule has 0 aliphatic heterocycles. The maximum atomic E-state index is 12.6. The summed E-state index contributed by atoms with van der Waals surface area (Å²) in [7, 11) is 2.18. The molecule has 7 heteroatoms. The van der Waals surface area contributed by atoms with Crippen LogP contribution in [0.4, 0.5) is 5.69 Å². The Labute approximate surface area is 180 Å². The number of para-hydroxylation sites is 1. The minimum Gasteiger partial charge on any atom is -0.326 e. The highest BCUT2D eigenvalue weighted by molar-refractivity contribution is 7.16. The van der Waals surface area contributed by atoms with E-state index in [1.165, 1.54) is 54.3 Å². The Balaban J connectivity index is 1.38. The number of aromatic nitrogens is 2. The molecular formula is C23H28N4O2S. The van der Waals surface area contributed by atoms with E-state index in [0.717, 1.165) is 22.6 Å². The van der Waals surface area contributed by atoms with E-state index in [-0.39, 0.29) is 17.9 Å². The van der Waals surface area contributed by atoms with Crippen LogP contribution in [0, 0.1) is 0 Å². The van der Waals surface area contributed by atoms with Crippen LogP contribution in [-0.2, 0) is 17.9 Å². The summed E-state index contributed by atoms with van der Waals surface area (Å²) in [6.07, 6.45) is 8.21. The van der Waals surface area contributed by atoms with Gasteiger partial charge in [-0.1, -0.05) is 37.5 Å². The number of carbonyl (C=O) groups is 1. The number of thiophene rings is 1. The van der Waals surface area contributed by atoms with E-state index in [0.29, 0.717) is 18.0 Å². The number of hydrogen-bond acceptors (Lipinski definition) is 5. The summed E-state index contributed by atoms with van der Waals surface area (Å²) in [4.78, 5) is 32.5. The van der Waals surface area contributed by atoms with Gasteiger partial charge in [0.05, 0.1) is 11.7 Å². The average Bonchev–Trinajstić information content (AvgIpc) is 3.25. The molecule has 30 heavy (non-hydrogen) atoms. The lowest BCUT2D eigenvalue weighted by molar-refractivity contribution is -0.116. The molecular weight excluding hydrogens is 396 g/mol. The Morgan fingerprint density at radius 1 is 1.23 bits per heavy atom. The maximum absolute atomic E-state index is 12.6. The number of carbonyl (C=O) groups excluding carboxylic acids is 1. The van der Waals surface area contributed by atoms with Gasteiger partial charge in [-0.25, -0.2) is 4.98 Å². The molecule has 2 aromatic heterocycles. The molecule has 1 N–H and O–H groups in total. The Morgan fingerprint density at radius 3 is 2.87 bits per heavy atom. The Morgan fingerprint density at radius 2 is 2.03 bits per heavy atom. The quantitative estimate of drug-likeness (QED) is 0.616. The molecule has 158 valence electrons. The third-order valence-electron chi connectivity index (χ3n) is 5.94. The average molecular weight is 425 g/mol. The van der Waals surface area contributed by atoms with E-state index in [4.69, 9.17) is 0 Å². The van der Waals surface area contributed by atoms with Gasteiger partial charge in [-0.15, -0.1) is 11.3 Å². The lowest BCUT2D eigenvalue weighted by Crippen LogP contribution is -2.33. The first-order chi connectivity index (χ1) is 14.6. The van der Waals surface area contributed by atoms with E-state index in [2.05, 4.69) is 28.3 Å². The monoisotopic (exact) mass is 424 g/mol. The second kappa shape index (κ2) is 9.53. The van der Waals surface area contributed by atoms with Gasteiger partial charge in [-0.2, -0.15) is 0 Å². The third-order valence-corrected chi connectivity index (χ3v) is 6.76. The largest absolute Gasteiger partial charge is 0.326 e. The number of hydrogen-bond donors (Lipinski definition) is 1. The molecule has 1 fully saturated rings. The van der Waals surface area contributed by atoms with Gasteiger partial charge < -0.3 is 5.32 Å². The number of benzene rings is 1. The van der Waals surface area contributed by atoms with E-state index in [1.54, 1.807) is 6.07 Å². The van der Waals surface area contributed by atoms with Gasteiger partial charge in [-0.05, 0) is 43.0 Å². The molecule has 4 rings (SSSR count). The number of aryl methyl sites for hydroxylation is 1. The molecule has 0 atom stereocenters. The van der Waals surface area contributed by atoms with Crippen molar-refractivity contribution >= 4 is 33.1 Å². The van der Waals surface area contributed by atoms with E-state index >= 15 is 0 Å². The fraction of sp³-hybridized carbons (Fsp3) is 0.435. The minimum atomic E-state index is -0.0971. The van der Waals surface area contributed by atoms with Crippen LogP contribution in [0.25, 0.3) is 10.2 Å². The summed E-state index contributed by atoms with van der Waals surface area (Å²) in [6.45, 7) is 1.13. The summed E-state index contributed by atoms with van der Waals surface area (Å²) >= 11 is 1.45. The summed E-state index contributed by atoms with van der Waals surface area (Å²) in [5.41, 5.74) is 1.88. The van der Waals surface area contributed by atoms with Crippen molar-refractivity contribution in [2.24, 2.45) is 0 Å². The van der Waals surface area contributed by atoms with Crippen molar-refractivity contribution in [1.82, 2.24) is 14.5 Å². The number of amides is 1. The second-order valence-electron chi connectivity index (χ2n) is 8.04. The van der Waals surface area contributed by atoms with Gasteiger partial charge in [0.25, 0.3) is 5.56 Å². The lowest BCUT2D eigenvalue weighted by Gasteiger charge is -2.31. The summed E-state index contributed by atoms with van der Waals surface area (Å²) in [6, 6.07) is 10.4. The van der Waals surface area contributed by atoms with Gasteiger partial charge in [0, 0.05) is 31.2 Å². The maximum Gasteiger partial charge on any atom is 0.262 e. The van der Waals surface area contributed by atoms with Crippen molar-refractivity contribution in [3.05, 3.63) is 58.0 Å². The van der Waals surface area contributed by atoms with Crippen molar-refractivity contribution in [1.29, 1.82) is 0 Å². The molecule has 1 aliphatic carbocycles. The molecule has 0 unspecified atom stereocenters. The first-order valence-electron chi connectivity index (χ1n) is 10.6. The predicted octanol–water partition coefficient (Wildman–Crippen LogP) is 4.25. The van der Waals surface area contributed by atoms with Crippen molar-refractivity contribution in [3.8, 4) is 0 Å². The number of fused-ring (bicyclic) bond motifs is 1. The van der Waals surface area contributed by atoms with Crippen LogP contribution < -0.4 is 10.9 Å². The highest BCUT2D eigenvalue weighted by atomic mass is 32.1. The van der Waals surface area contributed by atoms with Crippen LogP contribution in [0.3, 0.4) is 0 Å². The Hall–Kier alpha value is -2.51. The number of nitrogens with one attached hydrogen (secondary N) is 1. The SMILES string of the molecule is CN(Cc1ccccc1NC(=O)CCn1cnc2sccc2c1=O)C1CCCCC1. The van der Waals surface area contributed by atoms with Crippen molar-refractivity contribution in [2.45, 2.75) is 57.7 Å². The standard InChI is InChI=1S/C23H28N4O2S/c1-26(18-8-3-2-4-9-18)15-17-7-5-6-10-20(17)25-21(28)11-13-27-16-24-22-19(23(27)29)12-14-30-22/h5-7,10,12,14,16,18H,2-4,8-9,11,13,15H2,1H3,(H,25,28). The molecule has 0 radical (unpaired) electrons. The van der Waals surface area contributed by atoms with Crippen LogP contribution >= 0.6 is 11.3 Å². The molecule has 0 bridgehead atoms. The van der Waals surface area contributed by atoms with E-state index in [1.807, 2.05) is 23.6 Å². The third kappa shape index (κ3) is 4.79. The summed E-state index contributed by atoms with van der Waals surface area (Å²) < 4.78 is 1.51. The van der Waals surface area contributed by atoms with Crippen LogP contribution in [0.15, 0.2) is 46.8 Å². The van der Waals surface area contributed by atoms with Crippen LogP contribution in [0.2, 0.25) is 0 Å². The van der Waals surface area contributed by atoms with Gasteiger partial charge in [0.15, 0.2) is 0 Å². The molecule has 3 aromatic rings. The Kier molecular flexibility index (Phi) is 6.59. The molecule has 1 aromatic carbocycles. The molecule has 6 nitrogen and oxygen atoms in total. The minimum absolute atomic E-state index is 0.0939. The van der Waals surface area contributed by atoms with Gasteiger partial charge in [-0.3, -0.25) is 19.1 Å². The molecule has 1 saturated carbocycles. The number of nitrogens with zero attached hydrogens (tertiary/aromatic N) is 3. The first kappa shape index (κ1) is 20.8. The van der Waals surface area contributed by atoms with Crippen LogP contribution in [0.1, 0.15) is 44.1 Å². The fourth-order valence-electron chi connectivity index (χ4n) is 4.19. The molecule has 1 aliphatic rings. The van der Waals surface area contributed by atoms with Crippen LogP contribution in [0.5, 0.6) is 0 Å². The molecule has 1 amide bonds. The normalized spacial score (nSPS) is 15.0. The van der Waals surface area contributed by atoms with Gasteiger partial charge >= 0.3 is 0 Å². The fourth-order valence-corrected chi connectivity index (χ4v) is 4.91. The first-order valence-corrected chi connectivity index (χ1v) is 11.5. The molecule has 0 spiro atoms. The summed E-state index contributed by atoms with van der Waals surface area (Å²) in [5.74, 6) is -0.0971. The van der Waals surface area contributed by atoms with Gasteiger partial charge in [0.2, 0.25) is 5.91 Å². The lowest BCUT2D eigenvalue weighted by atomic mass is 9.94. The van der Waals surface area contributed by atoms with Gasteiger partial charge in [0.1, 0.15) is 4.83 Å².